The number of likely N-dealkylation sites (tertiary alicyclic amines) is 1. The molecule has 2 rings (SSSR count). The molecule has 0 aromatic heterocycles. The second kappa shape index (κ2) is 5.82. The van der Waals surface area contributed by atoms with E-state index in [0.29, 0.717) is 6.10 Å². The Morgan fingerprint density at radius 2 is 2.00 bits per heavy atom. The van der Waals surface area contributed by atoms with Crippen molar-refractivity contribution in [2.45, 2.75) is 38.2 Å². The van der Waals surface area contributed by atoms with Gasteiger partial charge in [-0.1, -0.05) is 0 Å². The van der Waals surface area contributed by atoms with Gasteiger partial charge in [-0.15, -0.1) is 0 Å². The van der Waals surface area contributed by atoms with Gasteiger partial charge in [0, 0.05) is 0 Å². The maximum absolute atomic E-state index is 6.06. The number of rotatable bonds is 2. The van der Waals surface area contributed by atoms with Crippen LogP contribution in [0.4, 0.5) is 0 Å². The molecule has 1 saturated heterocycles. The second-order valence-electron chi connectivity index (χ2n) is 5.15. The number of alkyl halides is 1. The molecule has 0 aromatic carbocycles. The first-order chi connectivity index (χ1) is 7.29. The van der Waals surface area contributed by atoms with Gasteiger partial charge in [0.25, 0.3) is 0 Å². The predicted octanol–water partition coefficient (Wildman–Crippen LogP) is -0.853. The summed E-state index contributed by atoms with van der Waals surface area (Å²) in [5.74, 6) is 1.72. The fourth-order valence-corrected chi connectivity index (χ4v) is 4.45. The molecule has 0 radical (unpaired) electrons. The van der Waals surface area contributed by atoms with E-state index in [2.05, 4.69) is 16.9 Å². The third kappa shape index (κ3) is 3.30. The van der Waals surface area contributed by atoms with Crippen molar-refractivity contribution in [3.8, 4) is 0 Å². The zero-order chi connectivity index (χ0) is 10.7. The van der Waals surface area contributed by atoms with Crippen LogP contribution < -0.4 is 21.6 Å². The topological polar surface area (TPSA) is 12.5 Å². The summed E-state index contributed by atoms with van der Waals surface area (Å²) < 4.78 is 6.06. The van der Waals surface area contributed by atoms with Gasteiger partial charge in [0.1, 0.15) is 0 Å². The van der Waals surface area contributed by atoms with Gasteiger partial charge < -0.3 is 0 Å². The van der Waals surface area contributed by atoms with Gasteiger partial charge in [-0.3, -0.25) is 0 Å². The average Bonchev–Trinajstić information content (AvgIpc) is 2.27. The Bertz CT molecular complexity index is 200. The van der Waals surface area contributed by atoms with Crippen molar-refractivity contribution in [2.75, 3.05) is 25.1 Å². The van der Waals surface area contributed by atoms with Crippen molar-refractivity contribution in [3.05, 3.63) is 0 Å². The van der Waals surface area contributed by atoms with E-state index in [-0.39, 0.29) is 21.6 Å². The zero-order valence-corrected chi connectivity index (χ0v) is 12.1. The summed E-state index contributed by atoms with van der Waals surface area (Å²) in [5, 5.41) is 0. The summed E-state index contributed by atoms with van der Waals surface area (Å²) >= 11 is 0.00297. The maximum atomic E-state index is 6.06. The Kier molecular flexibility index (Phi) is 4.70. The molecule has 0 N–H and O–H groups in total. The van der Waals surface area contributed by atoms with E-state index >= 15 is 0 Å². The van der Waals surface area contributed by atoms with Crippen LogP contribution >= 0.6 is 0 Å². The minimum atomic E-state index is 0.00297. The van der Waals surface area contributed by atoms with Gasteiger partial charge in [-0.25, -0.2) is 0 Å². The van der Waals surface area contributed by atoms with Crippen molar-refractivity contribution in [1.29, 1.82) is 0 Å². The Morgan fingerprint density at radius 1 is 1.20 bits per heavy atom. The summed E-state index contributed by atoms with van der Waals surface area (Å²) in [5.41, 5.74) is 0. The molecule has 2 aliphatic rings. The first-order valence-corrected chi connectivity index (χ1v) is 9.17. The molecule has 2 nitrogen and oxygen atoms in total. The number of hydrogen-bond donors (Lipinski definition) is 0. The van der Waals surface area contributed by atoms with Crippen LogP contribution in [0.25, 0.3) is 0 Å². The van der Waals surface area contributed by atoms with Gasteiger partial charge >= 0.3 is 105 Å². The molecule has 2 fully saturated rings. The fourth-order valence-electron chi connectivity index (χ4n) is 3.18. The Labute approximate surface area is 105 Å². The molecule has 15 heavy (non-hydrogen) atoms. The van der Waals surface area contributed by atoms with Crippen molar-refractivity contribution >= 4 is 0 Å². The summed E-state index contributed by atoms with van der Waals surface area (Å²) in [4.78, 5) is 4.78. The van der Waals surface area contributed by atoms with Gasteiger partial charge in [0.15, 0.2) is 0 Å². The molecule has 2 bridgehead atoms. The summed E-state index contributed by atoms with van der Waals surface area (Å²) in [6, 6.07) is 0. The van der Waals surface area contributed by atoms with Crippen LogP contribution in [0, 0.1) is 11.8 Å². The van der Waals surface area contributed by atoms with E-state index < -0.39 is 0 Å². The molecule has 0 aromatic rings. The van der Waals surface area contributed by atoms with Crippen LogP contribution in [0.5, 0.6) is 0 Å². The third-order valence-corrected chi connectivity index (χ3v) is 5.01. The van der Waals surface area contributed by atoms with E-state index in [1.165, 1.54) is 45.2 Å². The van der Waals surface area contributed by atoms with Crippen LogP contribution in [0.1, 0.15) is 32.1 Å². The number of halogens is 1. The van der Waals surface area contributed by atoms with E-state index in [9.17, 15) is 0 Å². The van der Waals surface area contributed by atoms with Crippen molar-refractivity contribution in [2.24, 2.45) is 11.8 Å². The normalized spacial score (nSPS) is 38.7. The molecule has 1 aliphatic heterocycles. The first kappa shape index (κ1) is 12.1. The van der Waals surface area contributed by atoms with Crippen LogP contribution in [0.2, 0.25) is 0 Å². The van der Waals surface area contributed by atoms with Gasteiger partial charge in [0.2, 0.25) is 0 Å². The molecule has 0 amide bonds. The summed E-state index contributed by atoms with van der Waals surface area (Å²) in [6.45, 7) is 2.57. The molecule has 3 heteroatoms. The number of fused-ring (bicyclic) bond motifs is 3. The van der Waals surface area contributed by atoms with Gasteiger partial charge in [-0.2, -0.15) is 0 Å². The Hall–Kier alpha value is 0.650. The third-order valence-electron chi connectivity index (χ3n) is 3.85. The molecule has 90 valence electrons. The van der Waals surface area contributed by atoms with Crippen LogP contribution in [-0.2, 0) is 3.07 Å². The van der Waals surface area contributed by atoms with Crippen molar-refractivity contribution in [3.63, 3.8) is 0 Å². The fraction of sp³-hybridized carbons (Fsp3) is 1.00. The van der Waals surface area contributed by atoms with E-state index in [1.54, 1.807) is 0 Å². The SMILES string of the molecule is C[I-]OC1CC2CCCCC1CN(C)C2. The summed E-state index contributed by atoms with van der Waals surface area (Å²) in [7, 11) is 2.29. The molecular formula is C12H23INO-. The van der Waals surface area contributed by atoms with Crippen LogP contribution in [0.15, 0.2) is 0 Å². The van der Waals surface area contributed by atoms with Gasteiger partial charge in [0.05, 0.1) is 0 Å². The van der Waals surface area contributed by atoms with E-state index in [0.717, 1.165) is 11.8 Å². The molecular weight excluding hydrogens is 301 g/mol. The molecule has 3 unspecified atom stereocenters. The second-order valence-corrected chi connectivity index (χ2v) is 6.54. The number of hydrogen-bond acceptors (Lipinski definition) is 2. The standard InChI is InChI=1S/C12H23INO/c1-13-15-12-7-10-5-3-4-6-11(12)9-14(2)8-10/h10-12H,3-9H2,1-2H3/q-1. The van der Waals surface area contributed by atoms with Crippen LogP contribution in [0.3, 0.4) is 0 Å². The minimum absolute atomic E-state index is 0.00297. The number of nitrogens with zero attached hydrogens (tertiary/aromatic N) is 1. The molecule has 3 atom stereocenters. The first-order valence-electron chi connectivity index (χ1n) is 6.13. The molecule has 1 heterocycles. The van der Waals surface area contributed by atoms with Crippen LogP contribution in [-0.4, -0.2) is 36.1 Å². The van der Waals surface area contributed by atoms with E-state index in [1.807, 2.05) is 0 Å². The van der Waals surface area contributed by atoms with Crippen molar-refractivity contribution in [1.82, 2.24) is 4.90 Å². The Morgan fingerprint density at radius 3 is 2.80 bits per heavy atom. The monoisotopic (exact) mass is 324 g/mol. The van der Waals surface area contributed by atoms with E-state index in [4.69, 9.17) is 3.07 Å². The molecule has 1 aliphatic carbocycles. The quantitative estimate of drug-likeness (QED) is 0.485. The molecule has 0 spiro atoms. The van der Waals surface area contributed by atoms with Crippen molar-refractivity contribution < 1.29 is 24.7 Å². The molecule has 1 saturated carbocycles. The Balaban J connectivity index is 2.06. The summed E-state index contributed by atoms with van der Waals surface area (Å²) in [6.07, 6.45) is 7.63. The average molecular weight is 324 g/mol. The van der Waals surface area contributed by atoms with Gasteiger partial charge in [-0.05, 0) is 0 Å². The predicted molar refractivity (Wildman–Crippen MR) is 58.4 cm³/mol. The zero-order valence-electron chi connectivity index (χ0n) is 9.92.